The van der Waals surface area contributed by atoms with E-state index in [1.165, 1.54) is 46.1 Å². The predicted octanol–water partition coefficient (Wildman–Crippen LogP) is 5.03. The number of nitrogens with zero attached hydrogens (tertiary/aromatic N) is 3. The molecule has 5 bridgehead atoms. The summed E-state index contributed by atoms with van der Waals surface area (Å²) < 4.78 is 30.0. The molecule has 20 heteroatoms. The van der Waals surface area contributed by atoms with E-state index in [0.29, 0.717) is 63.8 Å². The number of phenolic OH excluding ortho intramolecular Hbond substituents is 1. The summed E-state index contributed by atoms with van der Waals surface area (Å²) in [7, 11) is 0. The third-order valence-corrected chi connectivity index (χ3v) is 15.2. The number of fused-ring (bicyclic) bond motifs is 14. The number of nitrogens with one attached hydrogen (secondary N) is 1. The number of aliphatic hydroxyl groups is 3. The number of aliphatic hydroxyl groups excluding tert-OH is 3. The van der Waals surface area contributed by atoms with Crippen molar-refractivity contribution in [2.45, 2.75) is 106 Å². The minimum absolute atomic E-state index is 0.0401. The summed E-state index contributed by atoms with van der Waals surface area (Å²) in [4.78, 5) is 98.6. The summed E-state index contributed by atoms with van der Waals surface area (Å²) in [5.41, 5.74) is -1.92. The van der Waals surface area contributed by atoms with Crippen LogP contribution in [0.2, 0.25) is 0 Å². The van der Waals surface area contributed by atoms with E-state index in [1.54, 1.807) is 45.1 Å². The van der Waals surface area contributed by atoms with Crippen molar-refractivity contribution in [2.75, 3.05) is 49.5 Å². The number of ether oxygens (including phenoxy) is 4. The number of aldehydes is 2. The van der Waals surface area contributed by atoms with E-state index in [0.717, 1.165) is 0 Å². The quantitative estimate of drug-likeness (QED) is 0.0329. The average molecular weight is 1050 g/mol. The lowest BCUT2D eigenvalue weighted by Gasteiger charge is -2.37. The fourth-order valence-electron chi connectivity index (χ4n) is 10.1. The number of carbonyl (C=O) groups is 5. The van der Waals surface area contributed by atoms with Crippen molar-refractivity contribution in [1.29, 1.82) is 0 Å². The Bertz CT molecular complexity index is 3190. The first kappa shape index (κ1) is 56.6. The topological polar surface area (TPSA) is 282 Å². The number of esters is 2. The van der Waals surface area contributed by atoms with E-state index in [4.69, 9.17) is 28.3 Å². The number of aromatic nitrogens is 1. The van der Waals surface area contributed by atoms with Gasteiger partial charge in [-0.15, -0.1) is 0 Å². The minimum Gasteiger partial charge on any atom is -0.507 e. The number of phenols is 1. The number of piperazine rings is 1. The SMILES string of the molecule is CC(=O)O[C@H]1[C@H](C)[C@H](O)[C@H](C)[C@@H](O)[C@@H](C)/C=C/C=C(/C)C(=O)Nc2c(=O)c3c(O)c(C)c4c(c3c3nc5c(=O)cc(N6CCN(CCC(=O)OCCCC(C=O)C=O)CC6)cc5oc23)=C(O)[C@@](C)(O/C=C/[C@H](C)[C@H]1C)O4. The molecule has 0 spiro atoms. The van der Waals surface area contributed by atoms with Crippen LogP contribution in [0.3, 0.4) is 0 Å². The number of aromatic hydroxyl groups is 1. The Hall–Kier alpha value is -7.16. The first-order valence-electron chi connectivity index (χ1n) is 25.7. The molecule has 4 aliphatic rings. The summed E-state index contributed by atoms with van der Waals surface area (Å²) in [6.45, 7) is 17.0. The van der Waals surface area contributed by atoms with Crippen LogP contribution >= 0.6 is 0 Å². The number of hydrogen-bond donors (Lipinski definition) is 5. The second-order valence-electron chi connectivity index (χ2n) is 20.6. The van der Waals surface area contributed by atoms with Gasteiger partial charge in [-0.25, -0.2) is 4.98 Å². The third kappa shape index (κ3) is 11.5. The van der Waals surface area contributed by atoms with Gasteiger partial charge in [0.05, 0.1) is 48.0 Å². The summed E-state index contributed by atoms with van der Waals surface area (Å²) in [5.74, 6) is -8.24. The molecule has 1 aromatic heterocycles. The van der Waals surface area contributed by atoms with Gasteiger partial charge in [0.1, 0.15) is 41.4 Å². The summed E-state index contributed by atoms with van der Waals surface area (Å²) in [6, 6.07) is 3.00. The van der Waals surface area contributed by atoms with E-state index >= 15 is 0 Å². The van der Waals surface area contributed by atoms with Crippen molar-refractivity contribution in [1.82, 2.24) is 9.88 Å². The van der Waals surface area contributed by atoms with Gasteiger partial charge in [0.2, 0.25) is 10.9 Å². The van der Waals surface area contributed by atoms with E-state index < -0.39 is 99.6 Å². The molecule has 4 aromatic rings. The highest BCUT2D eigenvalue weighted by Gasteiger charge is 2.44. The van der Waals surface area contributed by atoms with Gasteiger partial charge in [-0.1, -0.05) is 52.8 Å². The largest absolute Gasteiger partial charge is 0.507 e. The average Bonchev–Trinajstić information content (AvgIpc) is 3.78. The van der Waals surface area contributed by atoms with Gasteiger partial charge in [-0.3, -0.25) is 28.9 Å². The lowest BCUT2D eigenvalue weighted by atomic mass is 9.77. The van der Waals surface area contributed by atoms with Gasteiger partial charge < -0.3 is 63.6 Å². The fraction of sp³-hybridized carbons (Fsp3) is 0.500. The van der Waals surface area contributed by atoms with Crippen LogP contribution < -0.4 is 31.0 Å². The molecule has 8 rings (SSSR count). The van der Waals surface area contributed by atoms with Crippen molar-refractivity contribution in [3.8, 4) is 11.5 Å². The molecule has 0 aliphatic carbocycles. The molecule has 5 heterocycles. The normalized spacial score (nSPS) is 27.4. The molecule has 3 aromatic carbocycles. The third-order valence-electron chi connectivity index (χ3n) is 15.2. The van der Waals surface area contributed by atoms with E-state index in [1.807, 2.05) is 18.7 Å². The Morgan fingerprint density at radius 3 is 2.29 bits per heavy atom. The van der Waals surface area contributed by atoms with Crippen LogP contribution in [0.1, 0.15) is 80.2 Å². The van der Waals surface area contributed by atoms with Crippen molar-refractivity contribution < 1.29 is 67.8 Å². The number of anilines is 2. The molecule has 5 N–H and O–H groups in total. The van der Waals surface area contributed by atoms with Crippen molar-refractivity contribution in [3.05, 3.63) is 79.5 Å². The number of carbonyl (C=O) groups excluding carboxylic acids is 5. The summed E-state index contributed by atoms with van der Waals surface area (Å²) in [5, 5.41) is 49.3. The van der Waals surface area contributed by atoms with Crippen molar-refractivity contribution in [3.63, 3.8) is 0 Å². The zero-order valence-corrected chi connectivity index (χ0v) is 44.3. The lowest BCUT2D eigenvalue weighted by Crippen LogP contribution is -2.47. The van der Waals surface area contributed by atoms with Crippen LogP contribution in [0, 0.1) is 42.4 Å². The van der Waals surface area contributed by atoms with E-state index in [9.17, 15) is 54.0 Å². The monoisotopic (exact) mass is 1050 g/mol. The minimum atomic E-state index is -1.97. The highest BCUT2D eigenvalue weighted by Crippen LogP contribution is 2.42. The number of benzene rings is 3. The standard InChI is InChI=1S/C56H68N4O16/c1-28-16-23-73-56(9)54(70)43-41-42(49(68)34(7)52(43)76-56)50(69)46(58-55(71)30(3)13-10-12-29(2)47(66)32(5)48(67)33(6)51(31(28)4)74-35(8)63)53-45(41)57-44-38(64)24-37(25-39(44)75-53)60-20-18-59(19-21-60)17-15-40(65)72-22-11-14-36(26-61)27-62/h10,12-13,16,23-29,31-33,36,47-48,51,66-68,70H,11,14-15,17-22H2,1-9H3,(H,58,71)/b12-10+,23-16+,30-13-/t28-,29-,31+,32+,33+,47-,48+,51+,56-/m0/s1. The fourth-order valence-corrected chi connectivity index (χ4v) is 10.1. The van der Waals surface area contributed by atoms with Gasteiger partial charge in [-0.2, -0.15) is 0 Å². The number of hydrogen-bond acceptors (Lipinski definition) is 19. The van der Waals surface area contributed by atoms with Gasteiger partial charge in [0.15, 0.2) is 22.4 Å². The second-order valence-corrected chi connectivity index (χ2v) is 20.6. The maximum absolute atomic E-state index is 15.0. The highest BCUT2D eigenvalue weighted by molar-refractivity contribution is 6.17. The number of amides is 1. The molecule has 408 valence electrons. The Morgan fingerprint density at radius 1 is 0.921 bits per heavy atom. The van der Waals surface area contributed by atoms with Gasteiger partial charge >= 0.3 is 17.7 Å². The maximum Gasteiger partial charge on any atom is 0.307 e. The molecule has 20 nitrogen and oxygen atoms in total. The van der Waals surface area contributed by atoms with E-state index in [-0.39, 0.29) is 74.0 Å². The smallest absolute Gasteiger partial charge is 0.307 e. The number of allylic oxidation sites excluding steroid dienone is 3. The number of rotatable bonds is 11. The molecule has 9 atom stereocenters. The molecular weight excluding hydrogens is 985 g/mol. The summed E-state index contributed by atoms with van der Waals surface area (Å²) >= 11 is 0. The highest BCUT2D eigenvalue weighted by atomic mass is 16.7. The van der Waals surface area contributed by atoms with Gasteiger partial charge in [0, 0.05) is 98.7 Å². The molecule has 0 unspecified atom stereocenters. The van der Waals surface area contributed by atoms with Crippen molar-refractivity contribution >= 4 is 80.5 Å². The van der Waals surface area contributed by atoms with Crippen LogP contribution in [-0.4, -0.2) is 124 Å². The van der Waals surface area contributed by atoms with Gasteiger partial charge in [-0.05, 0) is 44.6 Å². The first-order chi connectivity index (χ1) is 36.0. The molecule has 0 saturated carbocycles. The van der Waals surface area contributed by atoms with Crippen LogP contribution in [0.15, 0.2) is 62.3 Å². The second kappa shape index (κ2) is 23.4. The molecule has 0 radical (unpaired) electrons. The van der Waals surface area contributed by atoms with Crippen LogP contribution in [0.5, 0.6) is 11.5 Å². The molecule has 76 heavy (non-hydrogen) atoms. The Labute approximate surface area is 438 Å². The van der Waals surface area contributed by atoms with Crippen LogP contribution in [0.25, 0.3) is 38.7 Å². The summed E-state index contributed by atoms with van der Waals surface area (Å²) in [6.07, 6.45) is 6.59. The van der Waals surface area contributed by atoms with Crippen LogP contribution in [-0.2, 0) is 38.2 Å². The molecule has 4 aliphatic heterocycles. The van der Waals surface area contributed by atoms with E-state index in [2.05, 4.69) is 10.2 Å². The molecule has 1 amide bonds. The Morgan fingerprint density at radius 2 is 1.62 bits per heavy atom. The molecule has 1 fully saturated rings. The maximum atomic E-state index is 15.0. The Balaban J connectivity index is 1.31. The first-order valence-corrected chi connectivity index (χ1v) is 25.7. The lowest BCUT2D eigenvalue weighted by molar-refractivity contribution is -0.158. The zero-order valence-electron chi connectivity index (χ0n) is 44.3. The van der Waals surface area contributed by atoms with Crippen LogP contribution in [0.4, 0.5) is 11.4 Å². The predicted molar refractivity (Wildman–Crippen MR) is 282 cm³/mol. The molecular formula is C56H68N4O16. The Kier molecular flexibility index (Phi) is 17.4. The van der Waals surface area contributed by atoms with Gasteiger partial charge in [0.25, 0.3) is 5.91 Å². The van der Waals surface area contributed by atoms with Crippen molar-refractivity contribution in [2.24, 2.45) is 35.5 Å². The zero-order chi connectivity index (χ0) is 55.5. The molecule has 1 saturated heterocycles.